The summed E-state index contributed by atoms with van der Waals surface area (Å²) in [6.07, 6.45) is 12.1. The third kappa shape index (κ3) is 12.2. The fourth-order valence-corrected chi connectivity index (χ4v) is 20.0. The van der Waals surface area contributed by atoms with Gasteiger partial charge in [0, 0.05) is 120 Å². The first-order valence-electron chi connectivity index (χ1n) is 36.4. The molecule has 0 aliphatic carbocycles. The zero-order valence-corrected chi connectivity index (χ0v) is 57.4. The minimum absolute atomic E-state index is 0.00126. The number of ether oxygens (including phenoxy) is 8. The summed E-state index contributed by atoms with van der Waals surface area (Å²) in [7, 11) is 6.63. The van der Waals surface area contributed by atoms with Gasteiger partial charge in [0.05, 0.1) is 74.7 Å². The average molecular weight is 1350 g/mol. The molecule has 24 fully saturated rings. The molecule has 4 aromatic carbocycles. The molecule has 20 atom stereocenters. The van der Waals surface area contributed by atoms with Crippen LogP contribution < -0.4 is 18.9 Å². The molecule has 4 aromatic heterocycles. The lowest BCUT2D eigenvalue weighted by molar-refractivity contribution is -0.167. The molecule has 0 N–H and O–H groups in total. The van der Waals surface area contributed by atoms with Crippen LogP contribution in [0.5, 0.6) is 23.0 Å². The minimum Gasteiger partial charge on any atom is -0.497 e. The Bertz CT molecular complexity index is 3900. The zero-order chi connectivity index (χ0) is 67.9. The van der Waals surface area contributed by atoms with Gasteiger partial charge >= 0.3 is 23.9 Å². The smallest absolute Gasteiger partial charge is 0.306 e. The Hall–Kier alpha value is -8.56. The number of rotatable bonds is 8. The predicted molar refractivity (Wildman–Crippen MR) is 373 cm³/mol. The van der Waals surface area contributed by atoms with Gasteiger partial charge in [0.15, 0.2) is 0 Å². The third-order valence-corrected chi connectivity index (χ3v) is 25.0. The van der Waals surface area contributed by atoms with E-state index in [9.17, 15) is 0 Å². The fraction of sp³-hybridized carbons (Fsp3) is 0.500. The van der Waals surface area contributed by atoms with Crippen molar-refractivity contribution in [3.8, 4) is 23.0 Å². The van der Waals surface area contributed by atoms with Gasteiger partial charge in [-0.3, -0.25) is 58.7 Å². The Morgan fingerprint density at radius 2 is 0.550 bits per heavy atom. The van der Waals surface area contributed by atoms with Gasteiger partial charge in [0.2, 0.25) is 0 Å². The number of nitrogens with zero attached hydrogens (tertiary/aromatic N) is 8. The topological polar surface area (TPSA) is 207 Å². The van der Waals surface area contributed by atoms with E-state index in [1.165, 1.54) is 0 Å². The van der Waals surface area contributed by atoms with Crippen molar-refractivity contribution in [3.05, 3.63) is 144 Å². The van der Waals surface area contributed by atoms with Gasteiger partial charge in [0.25, 0.3) is 0 Å². The predicted octanol–water partition coefficient (Wildman–Crippen LogP) is 11.8. The number of aromatic nitrogens is 4. The summed E-state index contributed by atoms with van der Waals surface area (Å²) in [5, 5.41) is 3.47. The number of pyridine rings is 4. The number of fused-ring (bicyclic) bond motifs is 8. The van der Waals surface area contributed by atoms with Crippen LogP contribution >= 0.6 is 0 Å². The molecule has 0 spiro atoms. The monoisotopic (exact) mass is 1350 g/mol. The summed E-state index contributed by atoms with van der Waals surface area (Å²) in [6, 6.07) is 30.8. The van der Waals surface area contributed by atoms with Gasteiger partial charge in [0.1, 0.15) is 47.4 Å². The number of esters is 4. The lowest BCUT2D eigenvalue weighted by atomic mass is 9.71. The van der Waals surface area contributed by atoms with Crippen molar-refractivity contribution in [2.45, 2.75) is 126 Å². The summed E-state index contributed by atoms with van der Waals surface area (Å²) in [5.41, 5.74) is 6.64. The fourth-order valence-electron chi connectivity index (χ4n) is 20.0. The van der Waals surface area contributed by atoms with Crippen molar-refractivity contribution < 1.29 is 57.1 Å². The summed E-state index contributed by atoms with van der Waals surface area (Å²) in [4.78, 5) is 89.7. The van der Waals surface area contributed by atoms with E-state index in [0.717, 1.165) is 143 Å². The second-order valence-electron chi connectivity index (χ2n) is 30.0. The number of carbonyl (C=O) groups is 4. The van der Waals surface area contributed by atoms with Gasteiger partial charge in [-0.25, -0.2) is 0 Å². The normalized spacial score (nSPS) is 33.8. The highest BCUT2D eigenvalue weighted by Gasteiger charge is 2.52. The van der Waals surface area contributed by atoms with Gasteiger partial charge in [-0.1, -0.05) is 0 Å². The molecule has 0 saturated carbocycles. The van der Waals surface area contributed by atoms with E-state index in [0.29, 0.717) is 49.2 Å². The number of carbonyl (C=O) groups excluding carboxylic acids is 4. The number of piperidine rings is 12. The number of methoxy groups -OCH3 is 4. The van der Waals surface area contributed by atoms with Gasteiger partial charge in [-0.2, -0.15) is 0 Å². The van der Waals surface area contributed by atoms with Gasteiger partial charge < -0.3 is 37.9 Å². The summed E-state index contributed by atoms with van der Waals surface area (Å²) >= 11 is 0. The number of hydrogen-bond donors (Lipinski definition) is 0. The second kappa shape index (κ2) is 27.1. The molecule has 28 heterocycles. The van der Waals surface area contributed by atoms with Crippen molar-refractivity contribution in [2.24, 2.45) is 47.3 Å². The Balaban J connectivity index is 0.720. The van der Waals surface area contributed by atoms with Crippen molar-refractivity contribution in [1.29, 1.82) is 0 Å². The molecule has 24 saturated heterocycles. The van der Waals surface area contributed by atoms with E-state index in [-0.39, 0.29) is 121 Å². The zero-order valence-electron chi connectivity index (χ0n) is 57.4. The molecule has 24 aliphatic heterocycles. The standard InChI is InChI=1S/C80H88N8O12/c1-93-53-5-9-65-61(37-53)57(13-21-81-65)77-69-29-45-17-25-85(69)41-50(45)34-74(90)98-79(59-15-23-83-67-11-7-55(95-3)39-63(59)67)71-31-47-19-27-87(71)43-52(47)36-76(92)100-80(60-16-24-84-68-12-8-56(96-4)40-64(60)68)72-32-48-20-28-88(72)44-51(48)35-75(91)99-78(58-14-22-82-66-10-6-54(94-2)38-62(58)66)70-30-46-18-26-86(70)42-49(46)33-73(89)97-77/h5-16,21-24,37-40,45-52,69-72,77-80H,17-20,25-36,41-44H2,1-4H3/t45-,46-,47-,48-,49-,50-,51-,52-,69+,70+,71+,72+,77+,78+,79+,80+/m0/s1. The van der Waals surface area contributed by atoms with Crippen LogP contribution in [0.4, 0.5) is 0 Å². The van der Waals surface area contributed by atoms with Crippen LogP contribution in [-0.2, 0) is 38.1 Å². The molecule has 32 rings (SSSR count). The Labute approximate surface area is 582 Å². The summed E-state index contributed by atoms with van der Waals surface area (Å²) in [5.74, 6) is 2.35. The van der Waals surface area contributed by atoms with E-state index in [2.05, 4.69) is 19.6 Å². The van der Waals surface area contributed by atoms with Crippen LogP contribution in [0.2, 0.25) is 0 Å². The Kier molecular flexibility index (Phi) is 17.5. The lowest BCUT2D eigenvalue weighted by Gasteiger charge is -2.53. The van der Waals surface area contributed by atoms with Crippen LogP contribution in [0.25, 0.3) is 43.6 Å². The second-order valence-corrected chi connectivity index (χ2v) is 30.0. The van der Waals surface area contributed by atoms with Crippen LogP contribution in [-0.4, -0.2) is 168 Å². The molecule has 100 heavy (non-hydrogen) atoms. The molecule has 520 valence electrons. The largest absolute Gasteiger partial charge is 0.497 e. The Morgan fingerprint density at radius 3 is 0.750 bits per heavy atom. The van der Waals surface area contributed by atoms with Crippen LogP contribution in [0.1, 0.15) is 124 Å². The molecule has 8 aromatic rings. The maximum absolute atomic E-state index is 15.2. The summed E-state index contributed by atoms with van der Waals surface area (Å²) < 4.78 is 51.3. The van der Waals surface area contributed by atoms with Crippen LogP contribution in [0.3, 0.4) is 0 Å². The molecular formula is C80H88N8O12. The molecule has 4 unspecified atom stereocenters. The minimum atomic E-state index is -0.637. The van der Waals surface area contributed by atoms with E-state index in [1.54, 1.807) is 28.4 Å². The molecule has 20 nitrogen and oxygen atoms in total. The van der Waals surface area contributed by atoms with Crippen molar-refractivity contribution in [1.82, 2.24) is 39.5 Å². The molecule has 20 heteroatoms. The highest BCUT2D eigenvalue weighted by molar-refractivity contribution is 5.88. The number of hydrogen-bond acceptors (Lipinski definition) is 20. The highest BCUT2D eigenvalue weighted by Crippen LogP contribution is 2.52. The molecular weight excluding hydrogens is 1260 g/mol. The first-order valence-corrected chi connectivity index (χ1v) is 36.4. The van der Waals surface area contributed by atoms with Crippen LogP contribution in [0, 0.1) is 47.3 Å². The summed E-state index contributed by atoms with van der Waals surface area (Å²) in [6.45, 7) is 5.74. The van der Waals surface area contributed by atoms with Gasteiger partial charge in [-0.15, -0.1) is 0 Å². The lowest BCUT2D eigenvalue weighted by Crippen LogP contribution is -2.57. The molecule has 16 bridgehead atoms. The van der Waals surface area contributed by atoms with Crippen molar-refractivity contribution in [3.63, 3.8) is 0 Å². The highest BCUT2D eigenvalue weighted by atomic mass is 16.6. The molecule has 0 amide bonds. The van der Waals surface area contributed by atoms with E-state index in [1.807, 2.05) is 122 Å². The first-order chi connectivity index (χ1) is 48.9. The maximum atomic E-state index is 15.2. The average Bonchev–Trinajstić information content (AvgIpc) is 0.767. The molecule has 24 aliphatic rings. The van der Waals surface area contributed by atoms with E-state index < -0.39 is 24.4 Å². The van der Waals surface area contributed by atoms with Gasteiger partial charge in [-0.05, 0) is 222 Å². The number of benzene rings is 4. The molecule has 0 radical (unpaired) electrons. The third-order valence-electron chi connectivity index (χ3n) is 25.0. The first kappa shape index (κ1) is 64.8. The maximum Gasteiger partial charge on any atom is 0.306 e. The van der Waals surface area contributed by atoms with E-state index >= 15 is 19.2 Å². The quantitative estimate of drug-likeness (QED) is 0.102. The van der Waals surface area contributed by atoms with Crippen LogP contribution in [0.15, 0.2) is 122 Å². The Morgan fingerprint density at radius 1 is 0.320 bits per heavy atom. The van der Waals surface area contributed by atoms with Crippen molar-refractivity contribution in [2.75, 3.05) is 80.8 Å². The van der Waals surface area contributed by atoms with Crippen molar-refractivity contribution >= 4 is 67.5 Å². The van der Waals surface area contributed by atoms with E-state index in [4.69, 9.17) is 57.8 Å². The SMILES string of the molecule is COc1ccc2nccc([C@H]3OC(=O)C[C@H]4CN5CC[C@H]4C[C@@H]5[C@@H](c4ccnc5ccc(OC)cc45)OC(=O)C[C@H]4CN5CC[C@H]4C[C@@H]5[C@@H](c4ccnc5ccc(OC)cc45)OC(=O)C[C@H]4CN5CC[C@H]4C[C@@H]5[C@@H](c4ccnc5ccc(OC)cc45)OC(=O)C[C@H]4CN5CC[C@H]4C[C@H]35)c2c1.